The van der Waals surface area contributed by atoms with Crippen molar-refractivity contribution >= 4 is 17.7 Å². The van der Waals surface area contributed by atoms with E-state index in [0.717, 1.165) is 6.07 Å². The van der Waals surface area contributed by atoms with Crippen LogP contribution in [0.4, 0.5) is 28.0 Å². The van der Waals surface area contributed by atoms with E-state index in [1.54, 1.807) is 0 Å². The van der Waals surface area contributed by atoms with Crippen molar-refractivity contribution in [3.05, 3.63) is 29.6 Å². The van der Waals surface area contributed by atoms with Gasteiger partial charge in [-0.15, -0.1) is 0 Å². The van der Waals surface area contributed by atoms with E-state index in [-0.39, 0.29) is 11.3 Å². The Morgan fingerprint density at radius 2 is 1.81 bits per heavy atom. The lowest BCUT2D eigenvalue weighted by molar-refractivity contribution is -0.203. The summed E-state index contributed by atoms with van der Waals surface area (Å²) in [6.07, 6.45) is -5.20. The summed E-state index contributed by atoms with van der Waals surface area (Å²) in [5, 5.41) is 12.0. The third-order valence-electron chi connectivity index (χ3n) is 2.87. The van der Waals surface area contributed by atoms with Gasteiger partial charge in [0.2, 0.25) is 5.54 Å². The van der Waals surface area contributed by atoms with Crippen LogP contribution >= 0.6 is 0 Å². The maximum absolute atomic E-state index is 13.2. The average molecular weight is 308 g/mol. The number of carboxylic acids is 1. The topological polar surface area (TPSA) is 78.4 Å². The van der Waals surface area contributed by atoms with E-state index < -0.39 is 29.5 Å². The van der Waals surface area contributed by atoms with Crippen molar-refractivity contribution in [3.63, 3.8) is 0 Å². The molecular weight excluding hydrogens is 296 g/mol. The third kappa shape index (κ3) is 3.41. The van der Waals surface area contributed by atoms with Crippen LogP contribution in [0.15, 0.2) is 18.2 Å². The molecule has 0 bridgehead atoms. The van der Waals surface area contributed by atoms with Crippen LogP contribution in [-0.4, -0.2) is 28.8 Å². The van der Waals surface area contributed by atoms with Crippen LogP contribution in [0.2, 0.25) is 0 Å². The summed E-state index contributed by atoms with van der Waals surface area (Å²) in [6.45, 7) is 1.62. The van der Waals surface area contributed by atoms with Crippen LogP contribution in [0.1, 0.15) is 12.5 Å². The van der Waals surface area contributed by atoms with Crippen LogP contribution in [0, 0.1) is 12.7 Å². The minimum absolute atomic E-state index is 0.0108. The zero-order valence-electron chi connectivity index (χ0n) is 11.0. The van der Waals surface area contributed by atoms with E-state index in [0.29, 0.717) is 6.92 Å². The summed E-state index contributed by atoms with van der Waals surface area (Å²) in [4.78, 5) is 22.3. The number of hydrogen-bond donors (Lipinski definition) is 3. The van der Waals surface area contributed by atoms with Crippen molar-refractivity contribution in [2.45, 2.75) is 25.6 Å². The number of carbonyl (C=O) groups is 2. The minimum Gasteiger partial charge on any atom is -0.479 e. The van der Waals surface area contributed by atoms with Crippen molar-refractivity contribution in [1.82, 2.24) is 5.32 Å². The summed E-state index contributed by atoms with van der Waals surface area (Å²) >= 11 is 0. The predicted molar refractivity (Wildman–Crippen MR) is 65.4 cm³/mol. The molecular formula is C12H12F4N2O3. The van der Waals surface area contributed by atoms with E-state index >= 15 is 0 Å². The number of benzene rings is 1. The van der Waals surface area contributed by atoms with Gasteiger partial charge in [0.05, 0.1) is 0 Å². The molecule has 0 aliphatic heterocycles. The van der Waals surface area contributed by atoms with E-state index in [1.807, 2.05) is 5.32 Å². The number of aliphatic carboxylic acids is 1. The fourth-order valence-corrected chi connectivity index (χ4v) is 1.37. The van der Waals surface area contributed by atoms with E-state index in [9.17, 15) is 27.2 Å². The molecule has 0 radical (unpaired) electrons. The van der Waals surface area contributed by atoms with E-state index in [4.69, 9.17) is 5.11 Å². The Labute approximate surface area is 117 Å². The van der Waals surface area contributed by atoms with E-state index in [2.05, 4.69) is 0 Å². The number of urea groups is 1. The molecule has 1 unspecified atom stereocenters. The Kier molecular flexibility index (Phi) is 4.45. The highest BCUT2D eigenvalue weighted by Gasteiger charge is 2.58. The second kappa shape index (κ2) is 5.58. The van der Waals surface area contributed by atoms with Gasteiger partial charge in [-0.3, -0.25) is 0 Å². The summed E-state index contributed by atoms with van der Waals surface area (Å²) in [6, 6.07) is 2.21. The second-order valence-electron chi connectivity index (χ2n) is 4.42. The number of halogens is 4. The molecule has 2 amide bonds. The molecule has 1 aromatic rings. The standard InChI is InChI=1S/C12H12F4N2O3/c1-6-7(13)4-3-5-8(6)17-10(21)18-11(2,9(19)20)12(14,15)16/h3-5H,1-2H3,(H,19,20)(H2,17,18,21). The molecule has 0 spiro atoms. The summed E-state index contributed by atoms with van der Waals surface area (Å²) in [5.74, 6) is -2.93. The van der Waals surface area contributed by atoms with Crippen molar-refractivity contribution in [1.29, 1.82) is 0 Å². The summed E-state index contributed by atoms with van der Waals surface area (Å²) < 4.78 is 51.4. The second-order valence-corrected chi connectivity index (χ2v) is 4.42. The monoisotopic (exact) mass is 308 g/mol. The maximum Gasteiger partial charge on any atom is 0.422 e. The highest BCUT2D eigenvalue weighted by Crippen LogP contribution is 2.30. The number of carbonyl (C=O) groups excluding carboxylic acids is 1. The number of nitrogens with one attached hydrogen (secondary N) is 2. The molecule has 0 aliphatic carbocycles. The number of amides is 2. The molecule has 0 fully saturated rings. The highest BCUT2D eigenvalue weighted by atomic mass is 19.4. The Morgan fingerprint density at radius 3 is 2.29 bits per heavy atom. The van der Waals surface area contributed by atoms with E-state index in [1.165, 1.54) is 24.4 Å². The molecule has 1 rings (SSSR count). The average Bonchev–Trinajstić information content (AvgIpc) is 2.33. The van der Waals surface area contributed by atoms with Gasteiger partial charge in [-0.2, -0.15) is 13.2 Å². The van der Waals surface area contributed by atoms with Gasteiger partial charge in [0.1, 0.15) is 5.82 Å². The minimum atomic E-state index is -5.20. The molecule has 9 heteroatoms. The molecule has 0 saturated carbocycles. The molecule has 5 nitrogen and oxygen atoms in total. The van der Waals surface area contributed by atoms with Crippen LogP contribution in [0.5, 0.6) is 0 Å². The number of rotatable bonds is 3. The van der Waals surface area contributed by atoms with Crippen LogP contribution in [0.25, 0.3) is 0 Å². The molecule has 0 saturated heterocycles. The lowest BCUT2D eigenvalue weighted by Gasteiger charge is -2.28. The fourth-order valence-electron chi connectivity index (χ4n) is 1.37. The van der Waals surface area contributed by atoms with Gasteiger partial charge in [0, 0.05) is 11.3 Å². The van der Waals surface area contributed by atoms with Crippen LogP contribution in [0.3, 0.4) is 0 Å². The number of hydrogen-bond acceptors (Lipinski definition) is 2. The van der Waals surface area contributed by atoms with Gasteiger partial charge in [0.25, 0.3) is 0 Å². The Bertz CT molecular complexity index is 574. The first-order valence-electron chi connectivity index (χ1n) is 5.63. The molecule has 3 N–H and O–H groups in total. The van der Waals surface area contributed by atoms with Crippen molar-refractivity contribution in [2.75, 3.05) is 5.32 Å². The summed E-state index contributed by atoms with van der Waals surface area (Å²) in [5.41, 5.74) is -3.52. The molecule has 0 aliphatic rings. The van der Waals surface area contributed by atoms with Gasteiger partial charge in [-0.1, -0.05) is 6.07 Å². The lowest BCUT2D eigenvalue weighted by Crippen LogP contribution is -2.62. The first-order valence-corrected chi connectivity index (χ1v) is 5.63. The first-order chi connectivity index (χ1) is 9.49. The smallest absolute Gasteiger partial charge is 0.422 e. The fraction of sp³-hybridized carbons (Fsp3) is 0.333. The highest BCUT2D eigenvalue weighted by molar-refractivity contribution is 5.94. The number of carboxylic acid groups (broad SMARTS) is 1. The third-order valence-corrected chi connectivity index (χ3v) is 2.87. The summed E-state index contributed by atoms with van der Waals surface area (Å²) in [7, 11) is 0. The van der Waals surface area contributed by atoms with Gasteiger partial charge < -0.3 is 15.7 Å². The molecule has 116 valence electrons. The molecule has 0 heterocycles. The lowest BCUT2D eigenvalue weighted by atomic mass is 10.0. The molecule has 1 atom stereocenters. The van der Waals surface area contributed by atoms with Crippen LogP contribution < -0.4 is 10.6 Å². The Hall–Kier alpha value is -2.32. The van der Waals surface area contributed by atoms with Crippen molar-refractivity contribution < 1.29 is 32.3 Å². The predicted octanol–water partition coefficient (Wildman–Crippen LogP) is 2.66. The Balaban J connectivity index is 2.95. The first kappa shape index (κ1) is 16.7. The van der Waals surface area contributed by atoms with Crippen LogP contribution in [-0.2, 0) is 4.79 Å². The molecule has 0 aromatic heterocycles. The van der Waals surface area contributed by atoms with Gasteiger partial charge in [-0.05, 0) is 26.0 Å². The molecule has 1 aromatic carbocycles. The number of anilines is 1. The normalized spacial score (nSPS) is 14.2. The quantitative estimate of drug-likeness (QED) is 0.751. The zero-order valence-corrected chi connectivity index (χ0v) is 11.0. The zero-order chi connectivity index (χ0) is 16.4. The number of alkyl halides is 3. The van der Waals surface area contributed by atoms with Gasteiger partial charge in [0.15, 0.2) is 0 Å². The largest absolute Gasteiger partial charge is 0.479 e. The van der Waals surface area contributed by atoms with Gasteiger partial charge >= 0.3 is 18.2 Å². The maximum atomic E-state index is 13.2. The molecule has 21 heavy (non-hydrogen) atoms. The Morgan fingerprint density at radius 1 is 1.24 bits per heavy atom. The van der Waals surface area contributed by atoms with Crippen molar-refractivity contribution in [3.8, 4) is 0 Å². The SMILES string of the molecule is Cc1c(F)cccc1NC(=O)NC(C)(C(=O)O)C(F)(F)F. The van der Waals surface area contributed by atoms with Crippen molar-refractivity contribution in [2.24, 2.45) is 0 Å². The van der Waals surface area contributed by atoms with Gasteiger partial charge in [-0.25, -0.2) is 14.0 Å².